The molecule has 1 fully saturated rings. The van der Waals surface area contributed by atoms with E-state index in [1.165, 1.54) is 19.5 Å². The number of benzene rings is 1. The molecule has 1 aromatic heterocycles. The van der Waals surface area contributed by atoms with Gasteiger partial charge in [0.1, 0.15) is 5.75 Å². The van der Waals surface area contributed by atoms with Crippen molar-refractivity contribution in [1.82, 2.24) is 15.3 Å². The second kappa shape index (κ2) is 8.72. The molecular weight excluding hydrogens is 370 g/mol. The maximum Gasteiger partial charge on any atom is 0.331 e. The van der Waals surface area contributed by atoms with E-state index in [2.05, 4.69) is 30.2 Å². The van der Waals surface area contributed by atoms with E-state index in [1.54, 1.807) is 36.7 Å². The molecule has 0 radical (unpaired) electrons. The molecule has 136 valence electrons. The Labute approximate surface area is 158 Å². The van der Waals surface area contributed by atoms with E-state index in [1.807, 2.05) is 0 Å². The third-order valence-electron chi connectivity index (χ3n) is 3.10. The Bertz CT molecular complexity index is 926. The summed E-state index contributed by atoms with van der Waals surface area (Å²) >= 11 is 1.00. The number of amides is 1. The zero-order chi connectivity index (χ0) is 19.1. The number of carbonyl (C=O) groups excluding carboxylic acids is 2. The van der Waals surface area contributed by atoms with E-state index >= 15 is 0 Å². The normalized spacial score (nSPS) is 16.7. The van der Waals surface area contributed by atoms with Gasteiger partial charge in [0.2, 0.25) is 5.88 Å². The van der Waals surface area contributed by atoms with Crippen LogP contribution in [0.25, 0.3) is 0 Å². The molecule has 0 unspecified atom stereocenters. The number of thioether (sulfide) groups is 1. The number of ether oxygens (including phenoxy) is 2. The van der Waals surface area contributed by atoms with Gasteiger partial charge < -0.3 is 9.47 Å². The van der Waals surface area contributed by atoms with Crippen molar-refractivity contribution in [2.75, 3.05) is 7.11 Å². The lowest BCUT2D eigenvalue weighted by Gasteiger charge is -2.03. The molecule has 0 atom stereocenters. The first-order valence-electron chi connectivity index (χ1n) is 7.58. The van der Waals surface area contributed by atoms with Crippen molar-refractivity contribution in [3.8, 4) is 11.6 Å². The van der Waals surface area contributed by atoms with E-state index in [0.29, 0.717) is 11.6 Å². The molecule has 1 aliphatic heterocycles. The van der Waals surface area contributed by atoms with Crippen molar-refractivity contribution in [3.63, 3.8) is 0 Å². The molecule has 0 saturated carbocycles. The summed E-state index contributed by atoms with van der Waals surface area (Å²) in [6.45, 7) is 0. The number of nitrogens with one attached hydrogen (secondary N) is 1. The predicted molar refractivity (Wildman–Crippen MR) is 99.4 cm³/mol. The minimum atomic E-state index is -0.610. The van der Waals surface area contributed by atoms with Gasteiger partial charge in [0.05, 0.1) is 24.4 Å². The molecule has 1 saturated heterocycles. The number of methoxy groups -OCH3 is 1. The van der Waals surface area contributed by atoms with E-state index in [-0.39, 0.29) is 10.1 Å². The van der Waals surface area contributed by atoms with Gasteiger partial charge >= 0.3 is 5.97 Å². The summed E-state index contributed by atoms with van der Waals surface area (Å²) < 4.78 is 10.0. The number of hydrogen-bond donors (Lipinski definition) is 1. The minimum absolute atomic E-state index is 0.196. The van der Waals surface area contributed by atoms with Crippen LogP contribution in [0.2, 0.25) is 0 Å². The monoisotopic (exact) mass is 383 g/mol. The maximum atomic E-state index is 11.7. The summed E-state index contributed by atoms with van der Waals surface area (Å²) in [5.74, 6) is -0.0312. The van der Waals surface area contributed by atoms with Gasteiger partial charge in [0, 0.05) is 18.5 Å². The number of amidine groups is 1. The van der Waals surface area contributed by atoms with Crippen LogP contribution in [0.15, 0.2) is 64.0 Å². The highest BCUT2D eigenvalue weighted by Crippen LogP contribution is 2.23. The highest BCUT2D eigenvalue weighted by molar-refractivity contribution is 8.18. The fourth-order valence-electron chi connectivity index (χ4n) is 1.87. The Balaban J connectivity index is 1.60. The Morgan fingerprint density at radius 1 is 1.26 bits per heavy atom. The van der Waals surface area contributed by atoms with Crippen LogP contribution >= 0.6 is 11.8 Å². The van der Waals surface area contributed by atoms with E-state index in [0.717, 1.165) is 23.4 Å². The van der Waals surface area contributed by atoms with E-state index in [4.69, 9.17) is 4.74 Å². The summed E-state index contributed by atoms with van der Waals surface area (Å²) in [5.41, 5.74) is 0.783. The number of nitrogens with zero attached hydrogens (tertiary/aromatic N) is 4. The molecule has 1 amide bonds. The molecule has 0 bridgehead atoms. The fourth-order valence-corrected chi connectivity index (χ4v) is 2.61. The first-order chi connectivity index (χ1) is 13.1. The molecule has 27 heavy (non-hydrogen) atoms. The molecule has 0 aliphatic carbocycles. The molecule has 0 spiro atoms. The standard InChI is InChI=1S/C17H13N5O4S/c1-25-15(23)8-13-16(24)21-17(27-13)22-20-9-11-2-4-12(5-3-11)26-14-10-18-6-7-19-14/h2-10H,1H3,(H,21,22,24)/b13-8+,20-9?. The number of aromatic nitrogens is 2. The number of hydrogen-bond acceptors (Lipinski definition) is 9. The Hall–Kier alpha value is -3.53. The minimum Gasteiger partial charge on any atom is -0.466 e. The molecule has 1 N–H and O–H groups in total. The predicted octanol–water partition coefficient (Wildman–Crippen LogP) is 1.88. The van der Waals surface area contributed by atoms with Gasteiger partial charge in [-0.25, -0.2) is 9.78 Å². The number of rotatable bonds is 5. The summed E-state index contributed by atoms with van der Waals surface area (Å²) in [6.07, 6.45) is 7.24. The van der Waals surface area contributed by atoms with Crippen LogP contribution in [0.4, 0.5) is 0 Å². The molecular formula is C17H13N5O4S. The van der Waals surface area contributed by atoms with Gasteiger partial charge in [-0.05, 0) is 41.6 Å². The van der Waals surface area contributed by atoms with Crippen LogP contribution in [0.1, 0.15) is 5.56 Å². The van der Waals surface area contributed by atoms with E-state index in [9.17, 15) is 9.59 Å². The van der Waals surface area contributed by atoms with Gasteiger partial charge in [0.25, 0.3) is 5.91 Å². The van der Waals surface area contributed by atoms with Crippen LogP contribution in [-0.2, 0) is 14.3 Å². The Morgan fingerprint density at radius 3 is 2.78 bits per heavy atom. The van der Waals surface area contributed by atoms with Gasteiger partial charge in [-0.2, -0.15) is 5.10 Å². The lowest BCUT2D eigenvalue weighted by Crippen LogP contribution is -2.19. The van der Waals surface area contributed by atoms with Crippen LogP contribution in [0.5, 0.6) is 11.6 Å². The smallest absolute Gasteiger partial charge is 0.331 e. The van der Waals surface area contributed by atoms with Crippen LogP contribution in [-0.4, -0.2) is 40.3 Å². The molecule has 10 heteroatoms. The van der Waals surface area contributed by atoms with Gasteiger partial charge in [-0.15, -0.1) is 5.10 Å². The molecule has 2 heterocycles. The van der Waals surface area contributed by atoms with Crippen LogP contribution in [0.3, 0.4) is 0 Å². The topological polar surface area (TPSA) is 115 Å². The second-order valence-corrected chi connectivity index (χ2v) is 5.98. The van der Waals surface area contributed by atoms with Crippen molar-refractivity contribution in [1.29, 1.82) is 0 Å². The largest absolute Gasteiger partial charge is 0.466 e. The van der Waals surface area contributed by atoms with Gasteiger partial charge in [-0.1, -0.05) is 0 Å². The Morgan fingerprint density at radius 2 is 2.07 bits per heavy atom. The summed E-state index contributed by atoms with van der Waals surface area (Å²) in [4.78, 5) is 31.0. The molecule has 3 rings (SSSR count). The summed E-state index contributed by atoms with van der Waals surface area (Å²) in [7, 11) is 1.24. The van der Waals surface area contributed by atoms with Crippen molar-refractivity contribution < 1.29 is 19.1 Å². The maximum absolute atomic E-state index is 11.7. The highest BCUT2D eigenvalue weighted by atomic mass is 32.2. The SMILES string of the molecule is COC(=O)/C=C1/S/C(=N\N=Cc2ccc(Oc3cnccn3)cc2)NC1=O. The van der Waals surface area contributed by atoms with Gasteiger partial charge in [0.15, 0.2) is 5.17 Å². The highest BCUT2D eigenvalue weighted by Gasteiger charge is 2.24. The zero-order valence-electron chi connectivity index (χ0n) is 14.0. The van der Waals surface area contributed by atoms with Crippen LogP contribution < -0.4 is 10.1 Å². The quantitative estimate of drug-likeness (QED) is 0.363. The van der Waals surface area contributed by atoms with Crippen molar-refractivity contribution in [3.05, 3.63) is 59.4 Å². The lowest BCUT2D eigenvalue weighted by molar-refractivity contribution is -0.135. The average molecular weight is 383 g/mol. The first-order valence-corrected chi connectivity index (χ1v) is 8.39. The average Bonchev–Trinajstić information content (AvgIpc) is 3.03. The van der Waals surface area contributed by atoms with E-state index < -0.39 is 11.9 Å². The molecule has 1 aliphatic rings. The first kappa shape index (κ1) is 18.3. The molecule has 2 aromatic rings. The third-order valence-corrected chi connectivity index (χ3v) is 4.00. The second-order valence-electron chi connectivity index (χ2n) is 4.95. The molecule has 1 aromatic carbocycles. The van der Waals surface area contributed by atoms with Crippen molar-refractivity contribution in [2.24, 2.45) is 10.2 Å². The van der Waals surface area contributed by atoms with Crippen molar-refractivity contribution >= 4 is 35.0 Å². The summed E-state index contributed by atoms with van der Waals surface area (Å²) in [5, 5.41) is 10.6. The lowest BCUT2D eigenvalue weighted by atomic mass is 10.2. The van der Waals surface area contributed by atoms with Crippen molar-refractivity contribution in [2.45, 2.75) is 0 Å². The number of carbonyl (C=O) groups is 2. The fraction of sp³-hybridized carbons (Fsp3) is 0.0588. The number of esters is 1. The zero-order valence-corrected chi connectivity index (χ0v) is 14.8. The van der Waals surface area contributed by atoms with Gasteiger partial charge in [-0.3, -0.25) is 15.1 Å². The van der Waals surface area contributed by atoms with Crippen LogP contribution in [0, 0.1) is 0 Å². The molecule has 9 nitrogen and oxygen atoms in total. The third kappa shape index (κ3) is 5.22. The summed E-state index contributed by atoms with van der Waals surface area (Å²) in [6, 6.07) is 7.09. The Kier molecular flexibility index (Phi) is 5.90.